The molecule has 0 saturated carbocycles. The largest absolute Gasteiger partial charge is 0.496 e. The standard InChI is InChI=1S/C18H19BrN2O3/c1-24-16-9-5-2-6-13(16)10-11-20-17(22)12-21-18(23)14-7-3-4-8-15(14)19/h2-9H,10-12H2,1H3,(H,20,22)(H,21,23). The first-order chi connectivity index (χ1) is 11.6. The summed E-state index contributed by atoms with van der Waals surface area (Å²) in [5.74, 6) is 0.279. The van der Waals surface area contributed by atoms with Gasteiger partial charge in [-0.2, -0.15) is 0 Å². The third-order valence-corrected chi connectivity index (χ3v) is 4.13. The van der Waals surface area contributed by atoms with Gasteiger partial charge in [0.25, 0.3) is 5.91 Å². The summed E-state index contributed by atoms with van der Waals surface area (Å²) >= 11 is 3.31. The van der Waals surface area contributed by atoms with Crippen molar-refractivity contribution in [2.75, 3.05) is 20.2 Å². The number of carbonyl (C=O) groups excluding carboxylic acids is 2. The second-order valence-electron chi connectivity index (χ2n) is 5.07. The van der Waals surface area contributed by atoms with Crippen LogP contribution in [0, 0.1) is 0 Å². The zero-order valence-electron chi connectivity index (χ0n) is 13.3. The van der Waals surface area contributed by atoms with Gasteiger partial charge in [0.2, 0.25) is 5.91 Å². The van der Waals surface area contributed by atoms with Crippen LogP contribution in [0.3, 0.4) is 0 Å². The third-order valence-electron chi connectivity index (χ3n) is 3.44. The Kier molecular flexibility index (Phi) is 6.81. The maximum absolute atomic E-state index is 12.0. The van der Waals surface area contributed by atoms with Crippen molar-refractivity contribution in [2.24, 2.45) is 0 Å². The molecule has 0 fully saturated rings. The maximum atomic E-state index is 12.0. The molecule has 5 nitrogen and oxygen atoms in total. The van der Waals surface area contributed by atoms with E-state index >= 15 is 0 Å². The highest BCUT2D eigenvalue weighted by molar-refractivity contribution is 9.10. The zero-order valence-corrected chi connectivity index (χ0v) is 14.9. The topological polar surface area (TPSA) is 67.4 Å². The molecule has 2 aromatic carbocycles. The van der Waals surface area contributed by atoms with E-state index in [0.29, 0.717) is 23.0 Å². The highest BCUT2D eigenvalue weighted by atomic mass is 79.9. The van der Waals surface area contributed by atoms with Gasteiger partial charge in [-0.25, -0.2) is 0 Å². The number of halogens is 1. The van der Waals surface area contributed by atoms with E-state index < -0.39 is 0 Å². The minimum Gasteiger partial charge on any atom is -0.496 e. The minimum atomic E-state index is -0.289. The fraction of sp³-hybridized carbons (Fsp3) is 0.222. The molecule has 6 heteroatoms. The minimum absolute atomic E-state index is 0.0634. The summed E-state index contributed by atoms with van der Waals surface area (Å²) in [5, 5.41) is 5.39. The fourth-order valence-corrected chi connectivity index (χ4v) is 2.67. The summed E-state index contributed by atoms with van der Waals surface area (Å²) in [5.41, 5.74) is 1.52. The molecule has 0 radical (unpaired) electrons. The fourth-order valence-electron chi connectivity index (χ4n) is 2.21. The number of nitrogens with one attached hydrogen (secondary N) is 2. The van der Waals surface area contributed by atoms with E-state index in [0.717, 1.165) is 11.3 Å². The number of rotatable bonds is 7. The van der Waals surface area contributed by atoms with E-state index in [1.165, 1.54) is 0 Å². The van der Waals surface area contributed by atoms with Crippen molar-refractivity contribution < 1.29 is 14.3 Å². The second-order valence-corrected chi connectivity index (χ2v) is 5.93. The molecule has 0 aliphatic carbocycles. The van der Waals surface area contributed by atoms with E-state index in [9.17, 15) is 9.59 Å². The van der Waals surface area contributed by atoms with Crippen LogP contribution in [0.4, 0.5) is 0 Å². The number of benzene rings is 2. The van der Waals surface area contributed by atoms with E-state index in [2.05, 4.69) is 26.6 Å². The highest BCUT2D eigenvalue weighted by Gasteiger charge is 2.10. The van der Waals surface area contributed by atoms with Crippen molar-refractivity contribution in [1.29, 1.82) is 0 Å². The predicted molar refractivity (Wildman–Crippen MR) is 96.2 cm³/mol. The molecule has 0 heterocycles. The molecular weight excluding hydrogens is 372 g/mol. The molecular formula is C18H19BrN2O3. The molecule has 0 unspecified atom stereocenters. The molecule has 0 bridgehead atoms. The first kappa shape index (κ1) is 18.0. The normalized spacial score (nSPS) is 10.1. The molecule has 24 heavy (non-hydrogen) atoms. The summed E-state index contributed by atoms with van der Waals surface area (Å²) in [6, 6.07) is 14.7. The van der Waals surface area contributed by atoms with Crippen molar-refractivity contribution >= 4 is 27.7 Å². The van der Waals surface area contributed by atoms with Gasteiger partial charge in [0.1, 0.15) is 5.75 Å². The van der Waals surface area contributed by atoms with Crippen LogP contribution >= 0.6 is 15.9 Å². The van der Waals surface area contributed by atoms with E-state index in [1.807, 2.05) is 30.3 Å². The van der Waals surface area contributed by atoms with Gasteiger partial charge in [0, 0.05) is 11.0 Å². The Hall–Kier alpha value is -2.34. The Balaban J connectivity index is 1.76. The third kappa shape index (κ3) is 5.09. The van der Waals surface area contributed by atoms with Crippen LogP contribution in [0.25, 0.3) is 0 Å². The lowest BCUT2D eigenvalue weighted by Crippen LogP contribution is -2.37. The van der Waals surface area contributed by atoms with Gasteiger partial charge in [-0.05, 0) is 46.1 Å². The van der Waals surface area contributed by atoms with Gasteiger partial charge >= 0.3 is 0 Å². The van der Waals surface area contributed by atoms with Crippen LogP contribution in [0.5, 0.6) is 5.75 Å². The van der Waals surface area contributed by atoms with E-state index in [4.69, 9.17) is 4.74 Å². The smallest absolute Gasteiger partial charge is 0.252 e. The molecule has 0 atom stereocenters. The Morgan fingerprint density at radius 1 is 1.04 bits per heavy atom. The molecule has 2 N–H and O–H groups in total. The Morgan fingerprint density at radius 2 is 1.75 bits per heavy atom. The van der Waals surface area contributed by atoms with Crippen LogP contribution < -0.4 is 15.4 Å². The Labute approximate surface area is 149 Å². The van der Waals surface area contributed by atoms with Gasteiger partial charge in [0.05, 0.1) is 19.2 Å². The van der Waals surface area contributed by atoms with E-state index in [-0.39, 0.29) is 18.4 Å². The van der Waals surface area contributed by atoms with Gasteiger partial charge in [-0.15, -0.1) is 0 Å². The maximum Gasteiger partial charge on any atom is 0.252 e. The molecule has 2 aromatic rings. The molecule has 0 aromatic heterocycles. The number of para-hydroxylation sites is 1. The van der Waals surface area contributed by atoms with Gasteiger partial charge in [-0.3, -0.25) is 9.59 Å². The number of hydrogen-bond acceptors (Lipinski definition) is 3. The number of hydrogen-bond donors (Lipinski definition) is 2. The van der Waals surface area contributed by atoms with Gasteiger partial charge < -0.3 is 15.4 Å². The highest BCUT2D eigenvalue weighted by Crippen LogP contribution is 2.17. The van der Waals surface area contributed by atoms with Crippen molar-refractivity contribution in [3.05, 3.63) is 64.1 Å². The number of methoxy groups -OCH3 is 1. The average Bonchev–Trinajstić information content (AvgIpc) is 2.60. The molecule has 0 aliphatic rings. The molecule has 0 saturated heterocycles. The second kappa shape index (κ2) is 9.08. The summed E-state index contributed by atoms with van der Waals surface area (Å²) in [6.45, 7) is 0.413. The number of carbonyl (C=O) groups is 2. The summed E-state index contributed by atoms with van der Waals surface area (Å²) in [4.78, 5) is 23.9. The molecule has 0 spiro atoms. The van der Waals surface area contributed by atoms with Gasteiger partial charge in [-0.1, -0.05) is 30.3 Å². The van der Waals surface area contributed by atoms with Gasteiger partial charge in [0.15, 0.2) is 0 Å². The molecule has 0 aliphatic heterocycles. The van der Waals surface area contributed by atoms with Crippen molar-refractivity contribution in [2.45, 2.75) is 6.42 Å². The van der Waals surface area contributed by atoms with Crippen molar-refractivity contribution in [3.8, 4) is 5.75 Å². The lowest BCUT2D eigenvalue weighted by atomic mass is 10.1. The van der Waals surface area contributed by atoms with Crippen LogP contribution in [0.15, 0.2) is 53.0 Å². The quantitative estimate of drug-likeness (QED) is 0.763. The molecule has 2 rings (SSSR count). The van der Waals surface area contributed by atoms with Crippen LogP contribution in [-0.2, 0) is 11.2 Å². The first-order valence-electron chi connectivity index (χ1n) is 7.53. The summed E-state index contributed by atoms with van der Waals surface area (Å²) in [7, 11) is 1.62. The van der Waals surface area contributed by atoms with Crippen molar-refractivity contribution in [3.63, 3.8) is 0 Å². The predicted octanol–water partition coefficient (Wildman–Crippen LogP) is 2.55. The van der Waals surface area contributed by atoms with Crippen LogP contribution in [0.1, 0.15) is 15.9 Å². The Bertz CT molecular complexity index is 719. The van der Waals surface area contributed by atoms with Crippen molar-refractivity contribution in [1.82, 2.24) is 10.6 Å². The van der Waals surface area contributed by atoms with Crippen LogP contribution in [-0.4, -0.2) is 32.0 Å². The number of ether oxygens (including phenoxy) is 1. The van der Waals surface area contributed by atoms with Crippen LogP contribution in [0.2, 0.25) is 0 Å². The monoisotopic (exact) mass is 390 g/mol. The zero-order chi connectivity index (χ0) is 17.4. The first-order valence-corrected chi connectivity index (χ1v) is 8.32. The summed E-state index contributed by atoms with van der Waals surface area (Å²) < 4.78 is 5.96. The summed E-state index contributed by atoms with van der Waals surface area (Å²) in [6.07, 6.45) is 0.661. The SMILES string of the molecule is COc1ccccc1CCNC(=O)CNC(=O)c1ccccc1Br. The lowest BCUT2D eigenvalue weighted by molar-refractivity contribution is -0.120. The van der Waals surface area contributed by atoms with E-state index in [1.54, 1.807) is 25.3 Å². The molecule has 2 amide bonds. The number of amides is 2. The lowest BCUT2D eigenvalue weighted by Gasteiger charge is -2.10. The average molecular weight is 391 g/mol. The molecule has 126 valence electrons. The Morgan fingerprint density at radius 3 is 2.50 bits per heavy atom.